The van der Waals surface area contributed by atoms with Crippen molar-refractivity contribution in [2.24, 2.45) is 0 Å². The highest BCUT2D eigenvalue weighted by Crippen LogP contribution is 2.22. The molecule has 2 aromatic rings. The molecule has 0 atom stereocenters. The van der Waals surface area contributed by atoms with Gasteiger partial charge in [-0.15, -0.1) is 0 Å². The second kappa shape index (κ2) is 7.77. The molecule has 22 heavy (non-hydrogen) atoms. The molecule has 0 aliphatic carbocycles. The van der Waals surface area contributed by atoms with E-state index in [0.29, 0.717) is 11.7 Å². The lowest BCUT2D eigenvalue weighted by molar-refractivity contribution is -0.116. The quantitative estimate of drug-likeness (QED) is 0.800. The second-order valence-corrected chi connectivity index (χ2v) is 5.14. The Morgan fingerprint density at radius 1 is 1.41 bits per heavy atom. The number of aliphatic hydroxyl groups excluding tert-OH is 1. The SMILES string of the molecule is Cc1nn(Cc2ccccc2)c(Cl)c1/C=C/C(=O)NCCO. The van der Waals surface area contributed by atoms with Gasteiger partial charge in [-0.1, -0.05) is 41.9 Å². The Morgan fingerprint density at radius 3 is 2.82 bits per heavy atom. The molecule has 0 bridgehead atoms. The molecule has 2 rings (SSSR count). The second-order valence-electron chi connectivity index (χ2n) is 4.78. The summed E-state index contributed by atoms with van der Waals surface area (Å²) in [6.07, 6.45) is 3.03. The summed E-state index contributed by atoms with van der Waals surface area (Å²) in [5, 5.41) is 16.1. The molecule has 0 unspecified atom stereocenters. The number of nitrogens with zero attached hydrogens (tertiary/aromatic N) is 2. The largest absolute Gasteiger partial charge is 0.395 e. The molecule has 0 spiro atoms. The maximum absolute atomic E-state index is 11.5. The minimum absolute atomic E-state index is 0.0889. The van der Waals surface area contributed by atoms with Gasteiger partial charge in [-0.3, -0.25) is 4.79 Å². The first-order valence-corrected chi connectivity index (χ1v) is 7.33. The first-order valence-electron chi connectivity index (χ1n) is 6.95. The zero-order valence-electron chi connectivity index (χ0n) is 12.3. The van der Waals surface area contributed by atoms with Gasteiger partial charge in [0.25, 0.3) is 0 Å². The number of aromatic nitrogens is 2. The van der Waals surface area contributed by atoms with Crippen LogP contribution in [-0.2, 0) is 11.3 Å². The van der Waals surface area contributed by atoms with Crippen molar-refractivity contribution < 1.29 is 9.90 Å². The van der Waals surface area contributed by atoms with E-state index in [-0.39, 0.29) is 19.1 Å². The Kier molecular flexibility index (Phi) is 5.75. The van der Waals surface area contributed by atoms with Crippen molar-refractivity contribution in [2.75, 3.05) is 13.2 Å². The van der Waals surface area contributed by atoms with E-state index in [4.69, 9.17) is 16.7 Å². The number of rotatable bonds is 6. The zero-order chi connectivity index (χ0) is 15.9. The monoisotopic (exact) mass is 319 g/mol. The Bertz CT molecular complexity index is 666. The molecule has 6 heteroatoms. The van der Waals surface area contributed by atoms with Gasteiger partial charge in [0, 0.05) is 18.2 Å². The zero-order valence-corrected chi connectivity index (χ0v) is 13.0. The molecule has 0 fully saturated rings. The molecule has 0 radical (unpaired) electrons. The molecule has 1 aromatic heterocycles. The maximum atomic E-state index is 11.5. The highest BCUT2D eigenvalue weighted by Gasteiger charge is 2.11. The summed E-state index contributed by atoms with van der Waals surface area (Å²) in [4.78, 5) is 11.5. The Morgan fingerprint density at radius 2 is 2.14 bits per heavy atom. The van der Waals surface area contributed by atoms with E-state index in [1.54, 1.807) is 10.8 Å². The van der Waals surface area contributed by atoms with Crippen LogP contribution in [0.2, 0.25) is 5.15 Å². The number of carbonyl (C=O) groups is 1. The molecule has 1 heterocycles. The van der Waals surface area contributed by atoms with Gasteiger partial charge in [0.15, 0.2) is 0 Å². The third kappa shape index (κ3) is 4.19. The molecule has 0 saturated carbocycles. The minimum Gasteiger partial charge on any atom is -0.395 e. The van der Waals surface area contributed by atoms with E-state index in [2.05, 4.69) is 10.4 Å². The summed E-state index contributed by atoms with van der Waals surface area (Å²) in [5.74, 6) is -0.277. The van der Waals surface area contributed by atoms with E-state index in [0.717, 1.165) is 16.8 Å². The Balaban J connectivity index is 2.13. The van der Waals surface area contributed by atoms with Crippen LogP contribution in [0.1, 0.15) is 16.8 Å². The molecule has 0 aliphatic rings. The van der Waals surface area contributed by atoms with Crippen LogP contribution >= 0.6 is 11.6 Å². The third-order valence-electron chi connectivity index (χ3n) is 3.10. The van der Waals surface area contributed by atoms with Gasteiger partial charge in [0.1, 0.15) is 5.15 Å². The Hall–Kier alpha value is -2.11. The number of aryl methyl sites for hydroxylation is 1. The summed E-state index contributed by atoms with van der Waals surface area (Å²) in [6.45, 7) is 2.56. The van der Waals surface area contributed by atoms with Crippen molar-refractivity contribution in [1.29, 1.82) is 0 Å². The van der Waals surface area contributed by atoms with Gasteiger partial charge >= 0.3 is 0 Å². The molecule has 116 valence electrons. The number of benzene rings is 1. The molecular formula is C16H18ClN3O2. The predicted molar refractivity (Wildman–Crippen MR) is 86.6 cm³/mol. The van der Waals surface area contributed by atoms with Crippen molar-refractivity contribution in [3.63, 3.8) is 0 Å². The van der Waals surface area contributed by atoms with Gasteiger partial charge in [-0.2, -0.15) is 5.10 Å². The molecule has 1 aromatic carbocycles. The molecule has 0 saturated heterocycles. The van der Waals surface area contributed by atoms with Crippen LogP contribution < -0.4 is 5.32 Å². The summed E-state index contributed by atoms with van der Waals surface area (Å²) < 4.78 is 1.71. The highest BCUT2D eigenvalue weighted by atomic mass is 35.5. The van der Waals surface area contributed by atoms with Crippen molar-refractivity contribution in [2.45, 2.75) is 13.5 Å². The van der Waals surface area contributed by atoms with Crippen molar-refractivity contribution in [1.82, 2.24) is 15.1 Å². The minimum atomic E-state index is -0.277. The molecule has 0 aliphatic heterocycles. The topological polar surface area (TPSA) is 67.2 Å². The average Bonchev–Trinajstić information content (AvgIpc) is 2.78. The van der Waals surface area contributed by atoms with E-state index in [1.165, 1.54) is 6.08 Å². The molecule has 1 amide bonds. The lowest BCUT2D eigenvalue weighted by atomic mass is 10.2. The standard InChI is InChI=1S/C16H18ClN3O2/c1-12-14(7-8-15(22)18-9-10-21)16(17)20(19-12)11-13-5-3-2-4-6-13/h2-8,21H,9-11H2,1H3,(H,18,22)/b8-7+. The fourth-order valence-corrected chi connectivity index (χ4v) is 2.31. The third-order valence-corrected chi connectivity index (χ3v) is 3.50. The highest BCUT2D eigenvalue weighted by molar-refractivity contribution is 6.31. The van der Waals surface area contributed by atoms with Crippen LogP contribution in [0.5, 0.6) is 0 Å². The van der Waals surface area contributed by atoms with Gasteiger partial charge in [-0.25, -0.2) is 4.68 Å². The van der Waals surface area contributed by atoms with Gasteiger partial charge in [0.05, 0.1) is 18.8 Å². The lowest BCUT2D eigenvalue weighted by Gasteiger charge is -2.03. The van der Waals surface area contributed by atoms with E-state index in [1.807, 2.05) is 37.3 Å². The Labute approximate surface area is 134 Å². The van der Waals surface area contributed by atoms with Gasteiger partial charge in [-0.05, 0) is 18.6 Å². The maximum Gasteiger partial charge on any atom is 0.244 e. The van der Waals surface area contributed by atoms with Crippen LogP contribution in [0, 0.1) is 6.92 Å². The van der Waals surface area contributed by atoms with Gasteiger partial charge in [0.2, 0.25) is 5.91 Å². The smallest absolute Gasteiger partial charge is 0.244 e. The fourth-order valence-electron chi connectivity index (χ4n) is 2.01. The molecule has 2 N–H and O–H groups in total. The van der Waals surface area contributed by atoms with Crippen LogP contribution in [0.3, 0.4) is 0 Å². The fraction of sp³-hybridized carbons (Fsp3) is 0.250. The first-order chi connectivity index (χ1) is 10.6. The lowest BCUT2D eigenvalue weighted by Crippen LogP contribution is -2.24. The number of halogens is 1. The van der Waals surface area contributed by atoms with E-state index < -0.39 is 0 Å². The number of hydrogen-bond acceptors (Lipinski definition) is 3. The summed E-state index contributed by atoms with van der Waals surface area (Å²) in [7, 11) is 0. The molecule has 5 nitrogen and oxygen atoms in total. The summed E-state index contributed by atoms with van der Waals surface area (Å²) in [6, 6.07) is 9.90. The number of hydrogen-bond donors (Lipinski definition) is 2. The predicted octanol–water partition coefficient (Wildman–Crippen LogP) is 2.01. The summed E-state index contributed by atoms with van der Waals surface area (Å²) in [5.41, 5.74) is 2.58. The summed E-state index contributed by atoms with van der Waals surface area (Å²) >= 11 is 6.34. The van der Waals surface area contributed by atoms with Crippen molar-refractivity contribution in [3.05, 3.63) is 58.4 Å². The van der Waals surface area contributed by atoms with Crippen LogP contribution in [0.25, 0.3) is 6.08 Å². The number of carbonyl (C=O) groups excluding carboxylic acids is 1. The normalized spacial score (nSPS) is 11.0. The number of aliphatic hydroxyl groups is 1. The van der Waals surface area contributed by atoms with E-state index >= 15 is 0 Å². The van der Waals surface area contributed by atoms with Crippen LogP contribution in [0.4, 0.5) is 0 Å². The van der Waals surface area contributed by atoms with E-state index in [9.17, 15) is 4.79 Å². The van der Waals surface area contributed by atoms with Crippen molar-refractivity contribution >= 4 is 23.6 Å². The van der Waals surface area contributed by atoms with Gasteiger partial charge < -0.3 is 10.4 Å². The number of nitrogens with one attached hydrogen (secondary N) is 1. The van der Waals surface area contributed by atoms with Crippen LogP contribution in [0.15, 0.2) is 36.4 Å². The van der Waals surface area contributed by atoms with Crippen molar-refractivity contribution in [3.8, 4) is 0 Å². The van der Waals surface area contributed by atoms with Crippen LogP contribution in [-0.4, -0.2) is 33.9 Å². The molecular weight excluding hydrogens is 302 g/mol. The number of amides is 1. The average molecular weight is 320 g/mol. The first kappa shape index (κ1) is 16.3.